The van der Waals surface area contributed by atoms with Crippen LogP contribution < -0.4 is 19.8 Å². The van der Waals surface area contributed by atoms with Crippen molar-refractivity contribution in [1.82, 2.24) is 10.7 Å². The fourth-order valence-electron chi connectivity index (χ4n) is 3.47. The van der Waals surface area contributed by atoms with Crippen molar-refractivity contribution in [3.8, 4) is 5.75 Å². The number of benzene rings is 3. The summed E-state index contributed by atoms with van der Waals surface area (Å²) in [4.78, 5) is 24.4. The number of carbonyl (C=O) groups excluding carboxylic acids is 2. The number of hydrazone groups is 1. The molecule has 0 fully saturated rings. The molecular formula is C28H25FN4O6S. The van der Waals surface area contributed by atoms with Crippen LogP contribution in [0, 0.1) is 5.82 Å². The maximum Gasteiger partial charge on any atom is 0.264 e. The molecule has 40 heavy (non-hydrogen) atoms. The Balaban J connectivity index is 1.33. The number of rotatable bonds is 12. The lowest BCUT2D eigenvalue weighted by molar-refractivity contribution is -0.123. The predicted molar refractivity (Wildman–Crippen MR) is 146 cm³/mol. The highest BCUT2D eigenvalue weighted by Crippen LogP contribution is 2.26. The monoisotopic (exact) mass is 564 g/mol. The van der Waals surface area contributed by atoms with Crippen LogP contribution in [0.4, 0.5) is 10.1 Å². The number of hydrogen-bond donors (Lipinski definition) is 2. The topological polar surface area (TPSA) is 130 Å². The quantitative estimate of drug-likeness (QED) is 0.200. The van der Waals surface area contributed by atoms with E-state index in [1.165, 1.54) is 54.9 Å². The van der Waals surface area contributed by atoms with Crippen LogP contribution in [0.25, 0.3) is 0 Å². The number of furan rings is 1. The van der Waals surface area contributed by atoms with E-state index in [-0.39, 0.29) is 29.6 Å². The number of carbonyl (C=O) groups is 2. The molecule has 2 amide bonds. The maximum atomic E-state index is 14.5. The molecular weight excluding hydrogens is 539 g/mol. The van der Waals surface area contributed by atoms with Crippen molar-refractivity contribution in [3.63, 3.8) is 0 Å². The van der Waals surface area contributed by atoms with E-state index in [0.29, 0.717) is 21.4 Å². The standard InChI is InChI=1S/C28H25FN4O6S/c29-25-10-4-5-11-26(25)33(40(36,37)24-8-2-1-3-9-24)19-27(34)32-31-17-21-12-14-22(15-13-21)39-20-28(35)30-18-23-7-6-16-38-23/h1-17H,18-20H2,(H,30,35)(H,32,34)/b31-17-. The van der Waals surface area contributed by atoms with Gasteiger partial charge in [0.1, 0.15) is 23.9 Å². The Morgan fingerprint density at radius 3 is 2.35 bits per heavy atom. The predicted octanol–water partition coefficient (Wildman–Crippen LogP) is 3.46. The molecule has 12 heteroatoms. The molecule has 0 aliphatic rings. The van der Waals surface area contributed by atoms with Gasteiger partial charge in [0.25, 0.3) is 21.8 Å². The van der Waals surface area contributed by atoms with Crippen molar-refractivity contribution in [2.75, 3.05) is 17.5 Å². The molecule has 0 atom stereocenters. The third-order valence-electron chi connectivity index (χ3n) is 5.43. The van der Waals surface area contributed by atoms with Gasteiger partial charge in [0, 0.05) is 0 Å². The Labute approximate surface area is 230 Å². The maximum absolute atomic E-state index is 14.5. The van der Waals surface area contributed by atoms with Crippen molar-refractivity contribution in [1.29, 1.82) is 0 Å². The highest BCUT2D eigenvalue weighted by Gasteiger charge is 2.28. The van der Waals surface area contributed by atoms with E-state index in [9.17, 15) is 22.4 Å². The second kappa shape index (κ2) is 13.2. The van der Waals surface area contributed by atoms with Gasteiger partial charge in [-0.15, -0.1) is 0 Å². The molecule has 0 saturated carbocycles. The molecule has 1 aromatic heterocycles. The van der Waals surface area contributed by atoms with E-state index in [1.54, 1.807) is 42.5 Å². The van der Waals surface area contributed by atoms with Gasteiger partial charge in [-0.3, -0.25) is 13.9 Å². The third-order valence-corrected chi connectivity index (χ3v) is 7.21. The lowest BCUT2D eigenvalue weighted by Crippen LogP contribution is -2.40. The Hall–Kier alpha value is -4.97. The van der Waals surface area contributed by atoms with Crippen molar-refractivity contribution in [2.24, 2.45) is 5.10 Å². The van der Waals surface area contributed by atoms with E-state index in [4.69, 9.17) is 9.15 Å². The average molecular weight is 565 g/mol. The first kappa shape index (κ1) is 28.0. The summed E-state index contributed by atoms with van der Waals surface area (Å²) in [6.07, 6.45) is 2.86. The number of nitrogens with one attached hydrogen (secondary N) is 2. The third kappa shape index (κ3) is 7.54. The molecule has 0 spiro atoms. The molecule has 206 valence electrons. The largest absolute Gasteiger partial charge is 0.484 e. The van der Waals surface area contributed by atoms with E-state index in [2.05, 4.69) is 15.8 Å². The fourth-order valence-corrected chi connectivity index (χ4v) is 4.92. The van der Waals surface area contributed by atoms with Gasteiger partial charge in [-0.25, -0.2) is 18.2 Å². The highest BCUT2D eigenvalue weighted by molar-refractivity contribution is 7.92. The van der Waals surface area contributed by atoms with Crippen LogP contribution in [0.1, 0.15) is 11.3 Å². The number of ether oxygens (including phenoxy) is 1. The number of halogens is 1. The van der Waals surface area contributed by atoms with Crippen LogP contribution in [0.2, 0.25) is 0 Å². The summed E-state index contributed by atoms with van der Waals surface area (Å²) in [5.41, 5.74) is 2.59. The highest BCUT2D eigenvalue weighted by atomic mass is 32.2. The van der Waals surface area contributed by atoms with Crippen LogP contribution in [0.15, 0.2) is 112 Å². The zero-order valence-electron chi connectivity index (χ0n) is 21.1. The van der Waals surface area contributed by atoms with E-state index >= 15 is 0 Å². The Bertz CT molecular complexity index is 1560. The lowest BCUT2D eigenvalue weighted by atomic mass is 10.2. The number of anilines is 1. The smallest absolute Gasteiger partial charge is 0.264 e. The molecule has 1 heterocycles. The molecule has 0 bridgehead atoms. The average Bonchev–Trinajstić information content (AvgIpc) is 3.49. The van der Waals surface area contributed by atoms with Gasteiger partial charge >= 0.3 is 0 Å². The summed E-state index contributed by atoms with van der Waals surface area (Å²) in [7, 11) is -4.25. The SMILES string of the molecule is O=C(COc1ccc(/C=N\NC(=O)CN(c2ccccc2F)S(=O)(=O)c2ccccc2)cc1)NCc1ccco1. The van der Waals surface area contributed by atoms with Crippen LogP contribution in [0.5, 0.6) is 5.75 Å². The van der Waals surface area contributed by atoms with Crippen LogP contribution in [-0.2, 0) is 26.2 Å². The number of sulfonamides is 1. The first-order chi connectivity index (χ1) is 19.3. The fraction of sp³-hybridized carbons (Fsp3) is 0.107. The minimum absolute atomic E-state index is 0.0909. The van der Waals surface area contributed by atoms with E-state index in [1.807, 2.05) is 0 Å². The summed E-state index contributed by atoms with van der Waals surface area (Å²) in [5, 5.41) is 6.53. The van der Waals surface area contributed by atoms with Crippen molar-refractivity contribution < 1.29 is 31.6 Å². The van der Waals surface area contributed by atoms with Gasteiger partial charge in [-0.05, 0) is 66.2 Å². The molecule has 0 aliphatic heterocycles. The second-order valence-electron chi connectivity index (χ2n) is 8.28. The summed E-state index contributed by atoms with van der Waals surface area (Å²) < 4.78 is 52.3. The minimum atomic E-state index is -4.25. The first-order valence-electron chi connectivity index (χ1n) is 12.0. The summed E-state index contributed by atoms with van der Waals surface area (Å²) in [6.45, 7) is -0.634. The zero-order valence-corrected chi connectivity index (χ0v) is 21.9. The molecule has 4 aromatic rings. The first-order valence-corrected chi connectivity index (χ1v) is 13.4. The van der Waals surface area contributed by atoms with Gasteiger partial charge in [-0.2, -0.15) is 5.10 Å². The normalized spacial score (nSPS) is 11.2. The van der Waals surface area contributed by atoms with Gasteiger partial charge in [0.05, 0.1) is 29.6 Å². The number of para-hydroxylation sites is 1. The summed E-state index contributed by atoms with van der Waals surface area (Å²) in [5.74, 6) is -0.818. The Morgan fingerprint density at radius 2 is 1.65 bits per heavy atom. The Kier molecular flexibility index (Phi) is 9.26. The molecule has 0 saturated heterocycles. The number of amides is 2. The lowest BCUT2D eigenvalue weighted by Gasteiger charge is -2.24. The summed E-state index contributed by atoms with van der Waals surface area (Å²) >= 11 is 0. The minimum Gasteiger partial charge on any atom is -0.484 e. The van der Waals surface area contributed by atoms with Gasteiger partial charge in [0.2, 0.25) is 0 Å². The van der Waals surface area contributed by atoms with Gasteiger partial charge in [0.15, 0.2) is 6.61 Å². The van der Waals surface area contributed by atoms with Crippen LogP contribution in [-0.4, -0.2) is 39.6 Å². The molecule has 0 radical (unpaired) electrons. The van der Waals surface area contributed by atoms with Crippen LogP contribution in [0.3, 0.4) is 0 Å². The molecule has 0 aliphatic carbocycles. The van der Waals surface area contributed by atoms with Crippen molar-refractivity contribution >= 4 is 33.7 Å². The zero-order chi connectivity index (χ0) is 28.4. The molecule has 4 rings (SSSR count). The molecule has 3 aromatic carbocycles. The second-order valence-corrected chi connectivity index (χ2v) is 10.1. The molecule has 2 N–H and O–H groups in total. The number of hydrogen-bond acceptors (Lipinski definition) is 7. The molecule has 0 unspecified atom stereocenters. The van der Waals surface area contributed by atoms with Gasteiger partial charge < -0.3 is 14.5 Å². The number of nitrogens with zero attached hydrogens (tertiary/aromatic N) is 2. The van der Waals surface area contributed by atoms with Crippen molar-refractivity contribution in [2.45, 2.75) is 11.4 Å². The van der Waals surface area contributed by atoms with Crippen LogP contribution >= 0.6 is 0 Å². The van der Waals surface area contributed by atoms with E-state index in [0.717, 1.165) is 6.07 Å². The molecule has 10 nitrogen and oxygen atoms in total. The van der Waals surface area contributed by atoms with E-state index < -0.39 is 28.3 Å². The van der Waals surface area contributed by atoms with Crippen molar-refractivity contribution in [3.05, 3.63) is 114 Å². The Morgan fingerprint density at radius 1 is 0.925 bits per heavy atom. The summed E-state index contributed by atoms with van der Waals surface area (Å²) in [6, 6.07) is 22.7. The van der Waals surface area contributed by atoms with Gasteiger partial charge in [-0.1, -0.05) is 30.3 Å².